The highest BCUT2D eigenvalue weighted by Crippen LogP contribution is 2.26. The normalized spacial score (nSPS) is 10.8. The molecule has 27 heavy (non-hydrogen) atoms. The molecule has 2 aromatic carbocycles. The van der Waals surface area contributed by atoms with Crippen LogP contribution in [0.4, 0.5) is 18.0 Å². The zero-order valence-electron chi connectivity index (χ0n) is 14.5. The van der Waals surface area contributed by atoms with E-state index in [4.69, 9.17) is 9.47 Å². The lowest BCUT2D eigenvalue weighted by molar-refractivity contribution is -0.274. The third kappa shape index (κ3) is 6.96. The molecule has 0 heterocycles. The van der Waals surface area contributed by atoms with Gasteiger partial charge in [-0.2, -0.15) is 0 Å². The largest absolute Gasteiger partial charge is 0.573 e. The number of alkyl halides is 3. The molecule has 0 aliphatic rings. The quantitative estimate of drug-likeness (QED) is 0.684. The molecule has 0 saturated carbocycles. The lowest BCUT2D eigenvalue weighted by atomic mass is 10.2. The summed E-state index contributed by atoms with van der Waals surface area (Å²) in [7, 11) is 1.52. The Hall–Kier alpha value is -3.10. The summed E-state index contributed by atoms with van der Waals surface area (Å²) < 4.78 is 51.7. The van der Waals surface area contributed by atoms with Gasteiger partial charge < -0.3 is 24.8 Å². The van der Waals surface area contributed by atoms with Crippen LogP contribution in [0, 0.1) is 0 Å². The van der Waals surface area contributed by atoms with Gasteiger partial charge in [0.15, 0.2) is 11.5 Å². The van der Waals surface area contributed by atoms with Gasteiger partial charge in [-0.15, -0.1) is 13.2 Å². The Bertz CT molecular complexity index is 753. The van der Waals surface area contributed by atoms with Gasteiger partial charge in [-0.05, 0) is 18.2 Å². The van der Waals surface area contributed by atoms with E-state index in [9.17, 15) is 18.0 Å². The highest BCUT2D eigenvalue weighted by molar-refractivity contribution is 5.73. The molecule has 2 rings (SSSR count). The van der Waals surface area contributed by atoms with Crippen LogP contribution in [-0.2, 0) is 6.54 Å². The fourth-order valence-corrected chi connectivity index (χ4v) is 2.18. The average molecular weight is 384 g/mol. The fraction of sp³-hybridized carbons (Fsp3) is 0.278. The molecular weight excluding hydrogens is 365 g/mol. The molecular formula is C18H19F3N2O4. The van der Waals surface area contributed by atoms with Crippen LogP contribution in [0.2, 0.25) is 0 Å². The number of benzene rings is 2. The third-order valence-electron chi connectivity index (χ3n) is 3.35. The molecule has 6 nitrogen and oxygen atoms in total. The van der Waals surface area contributed by atoms with Crippen LogP contribution in [0.3, 0.4) is 0 Å². The molecule has 9 heteroatoms. The van der Waals surface area contributed by atoms with E-state index in [1.165, 1.54) is 25.3 Å². The lowest BCUT2D eigenvalue weighted by Crippen LogP contribution is -2.37. The minimum Gasteiger partial charge on any atom is -0.493 e. The molecule has 0 unspecified atom stereocenters. The molecule has 0 spiro atoms. The van der Waals surface area contributed by atoms with Gasteiger partial charge in [0, 0.05) is 12.1 Å². The van der Waals surface area contributed by atoms with E-state index in [1.807, 2.05) is 0 Å². The molecule has 0 fully saturated rings. The van der Waals surface area contributed by atoms with Crippen molar-refractivity contribution in [3.63, 3.8) is 0 Å². The molecule has 2 aromatic rings. The summed E-state index contributed by atoms with van der Waals surface area (Å²) in [5.41, 5.74) is 0.204. The van der Waals surface area contributed by atoms with Gasteiger partial charge in [-0.25, -0.2) is 4.79 Å². The second-order valence-electron chi connectivity index (χ2n) is 5.26. The highest BCUT2D eigenvalue weighted by atomic mass is 19.4. The summed E-state index contributed by atoms with van der Waals surface area (Å²) >= 11 is 0. The number of methoxy groups -OCH3 is 1. The summed E-state index contributed by atoms with van der Waals surface area (Å²) in [5, 5.41) is 5.02. The number of carbonyl (C=O) groups is 1. The summed E-state index contributed by atoms with van der Waals surface area (Å²) in [4.78, 5) is 11.8. The standard InChI is InChI=1S/C18H19F3N2O4/c1-25-15-8-4-5-9-16(15)26-11-10-22-17(24)23-12-13-6-2-3-7-14(13)27-18(19,20)21/h2-9H,10-12H2,1H3,(H2,22,23,24). The van der Waals surface area contributed by atoms with Gasteiger partial charge >= 0.3 is 12.4 Å². The van der Waals surface area contributed by atoms with Gasteiger partial charge in [-0.3, -0.25) is 0 Å². The van der Waals surface area contributed by atoms with Gasteiger partial charge in [0.05, 0.1) is 13.7 Å². The zero-order valence-corrected chi connectivity index (χ0v) is 14.5. The van der Waals surface area contributed by atoms with Crippen LogP contribution in [0.15, 0.2) is 48.5 Å². The zero-order chi connectivity index (χ0) is 19.7. The van der Waals surface area contributed by atoms with Crippen molar-refractivity contribution in [2.75, 3.05) is 20.3 Å². The third-order valence-corrected chi connectivity index (χ3v) is 3.35. The Morgan fingerprint density at radius 1 is 0.963 bits per heavy atom. The Morgan fingerprint density at radius 3 is 2.26 bits per heavy atom. The Morgan fingerprint density at radius 2 is 1.59 bits per heavy atom. The number of hydrogen-bond acceptors (Lipinski definition) is 4. The minimum absolute atomic E-state index is 0.120. The SMILES string of the molecule is COc1ccccc1OCCNC(=O)NCc1ccccc1OC(F)(F)F. The maximum atomic E-state index is 12.4. The van der Waals surface area contributed by atoms with Gasteiger partial charge in [0.25, 0.3) is 0 Å². The molecule has 0 bridgehead atoms. The van der Waals surface area contributed by atoms with Crippen molar-refractivity contribution >= 4 is 6.03 Å². The number of hydrogen-bond donors (Lipinski definition) is 2. The van der Waals surface area contributed by atoms with Gasteiger partial charge in [0.1, 0.15) is 12.4 Å². The first-order valence-electron chi connectivity index (χ1n) is 8.00. The lowest BCUT2D eigenvalue weighted by Gasteiger charge is -2.14. The first-order valence-corrected chi connectivity index (χ1v) is 8.00. The van der Waals surface area contributed by atoms with Crippen LogP contribution in [-0.4, -0.2) is 32.7 Å². The van der Waals surface area contributed by atoms with E-state index in [0.717, 1.165) is 0 Å². The number of ether oxygens (including phenoxy) is 3. The Balaban J connectivity index is 1.75. The second kappa shape index (κ2) is 9.56. The number of para-hydroxylation sites is 3. The predicted octanol–water partition coefficient (Wildman–Crippen LogP) is 3.47. The molecule has 0 radical (unpaired) electrons. The average Bonchev–Trinajstić information content (AvgIpc) is 2.63. The molecule has 0 atom stereocenters. The van der Waals surface area contributed by atoms with E-state index >= 15 is 0 Å². The van der Waals surface area contributed by atoms with Gasteiger partial charge in [-0.1, -0.05) is 30.3 Å². The molecule has 146 valence electrons. The van der Waals surface area contributed by atoms with Crippen molar-refractivity contribution in [3.05, 3.63) is 54.1 Å². The maximum absolute atomic E-state index is 12.4. The summed E-state index contributed by atoms with van der Waals surface area (Å²) in [6, 6.07) is 12.1. The van der Waals surface area contributed by atoms with Crippen molar-refractivity contribution in [1.29, 1.82) is 0 Å². The molecule has 0 aliphatic carbocycles. The number of amides is 2. The van der Waals surface area contributed by atoms with Crippen molar-refractivity contribution in [2.45, 2.75) is 12.9 Å². The molecule has 0 aliphatic heterocycles. The van der Waals surface area contributed by atoms with Crippen molar-refractivity contribution in [2.24, 2.45) is 0 Å². The first-order chi connectivity index (χ1) is 12.9. The maximum Gasteiger partial charge on any atom is 0.573 e. The van der Waals surface area contributed by atoms with Crippen molar-refractivity contribution in [1.82, 2.24) is 10.6 Å². The van der Waals surface area contributed by atoms with E-state index in [0.29, 0.717) is 11.5 Å². The summed E-state index contributed by atoms with van der Waals surface area (Å²) in [5.74, 6) is 0.758. The Kier molecular flexibility index (Phi) is 7.16. The Labute approximate surface area is 154 Å². The van der Waals surface area contributed by atoms with Crippen molar-refractivity contribution in [3.8, 4) is 17.2 Å². The first kappa shape index (κ1) is 20.2. The number of rotatable bonds is 8. The number of halogens is 3. The predicted molar refractivity (Wildman–Crippen MR) is 91.9 cm³/mol. The van der Waals surface area contributed by atoms with E-state index in [2.05, 4.69) is 15.4 Å². The van der Waals surface area contributed by atoms with Crippen molar-refractivity contribution < 1.29 is 32.2 Å². The molecule has 2 N–H and O–H groups in total. The van der Waals surface area contributed by atoms with Crippen LogP contribution < -0.4 is 24.8 Å². The summed E-state index contributed by atoms with van der Waals surface area (Å²) in [6.45, 7) is 0.275. The number of urea groups is 1. The minimum atomic E-state index is -4.80. The van der Waals surface area contributed by atoms with Crippen LogP contribution in [0.5, 0.6) is 17.2 Å². The molecule has 2 amide bonds. The molecule has 0 saturated heterocycles. The van der Waals surface area contributed by atoms with E-state index < -0.39 is 12.4 Å². The fourth-order valence-electron chi connectivity index (χ4n) is 2.18. The van der Waals surface area contributed by atoms with Crippen LogP contribution in [0.1, 0.15) is 5.56 Å². The molecule has 0 aromatic heterocycles. The van der Waals surface area contributed by atoms with Crippen LogP contribution in [0.25, 0.3) is 0 Å². The van der Waals surface area contributed by atoms with E-state index in [-0.39, 0.29) is 31.0 Å². The van der Waals surface area contributed by atoms with Crippen LogP contribution >= 0.6 is 0 Å². The number of carbonyl (C=O) groups excluding carboxylic acids is 1. The smallest absolute Gasteiger partial charge is 0.493 e. The monoisotopic (exact) mass is 384 g/mol. The van der Waals surface area contributed by atoms with E-state index in [1.54, 1.807) is 30.3 Å². The number of nitrogens with one attached hydrogen (secondary N) is 2. The van der Waals surface area contributed by atoms with Gasteiger partial charge in [0.2, 0.25) is 0 Å². The summed E-state index contributed by atoms with van der Waals surface area (Å²) in [6.07, 6.45) is -4.80. The second-order valence-corrected chi connectivity index (χ2v) is 5.26. The highest BCUT2D eigenvalue weighted by Gasteiger charge is 2.31. The topological polar surface area (TPSA) is 68.8 Å².